The average molecular weight is 538 g/mol. The van der Waals surface area contributed by atoms with Gasteiger partial charge in [0.2, 0.25) is 11.8 Å². The van der Waals surface area contributed by atoms with Gasteiger partial charge in [0.05, 0.1) is 6.04 Å². The third-order valence-corrected chi connectivity index (χ3v) is 8.48. The summed E-state index contributed by atoms with van der Waals surface area (Å²) < 4.78 is 6.05. The number of ether oxygens (including phenoxy) is 1. The van der Waals surface area contributed by atoms with Crippen LogP contribution in [0.2, 0.25) is 0 Å². The van der Waals surface area contributed by atoms with Crippen LogP contribution in [-0.2, 0) is 14.3 Å². The molecule has 1 aromatic rings. The van der Waals surface area contributed by atoms with E-state index in [0.29, 0.717) is 18.7 Å². The van der Waals surface area contributed by atoms with Gasteiger partial charge in [0.15, 0.2) is 0 Å². The summed E-state index contributed by atoms with van der Waals surface area (Å²) in [4.78, 5) is 47.5. The van der Waals surface area contributed by atoms with Gasteiger partial charge in [-0.15, -0.1) is 11.3 Å². The molecule has 1 aliphatic rings. The maximum absolute atomic E-state index is 13.9. The highest BCUT2D eigenvalue weighted by Gasteiger charge is 2.36. The Morgan fingerprint density at radius 3 is 2.51 bits per heavy atom. The van der Waals surface area contributed by atoms with Crippen LogP contribution in [0.1, 0.15) is 88.3 Å². The molecule has 2 rings (SSSR count). The topological polar surface area (TPSA) is 104 Å². The first-order valence-corrected chi connectivity index (χ1v) is 14.5. The van der Waals surface area contributed by atoms with Crippen molar-refractivity contribution in [2.45, 2.75) is 91.0 Å². The largest absolute Gasteiger partial charge is 0.371 e. The number of likely N-dealkylation sites (tertiary alicyclic amines) is 1. The van der Waals surface area contributed by atoms with Gasteiger partial charge in [-0.05, 0) is 45.2 Å². The lowest BCUT2D eigenvalue weighted by Crippen LogP contribution is -2.58. The Balaban J connectivity index is 2.24. The van der Waals surface area contributed by atoms with Crippen molar-refractivity contribution in [3.8, 4) is 0 Å². The molecule has 10 heteroatoms. The molecular weight excluding hydrogens is 490 g/mol. The number of nitrogens with one attached hydrogen (secondary N) is 2. The number of thiazole rings is 1. The fourth-order valence-corrected chi connectivity index (χ4v) is 5.79. The van der Waals surface area contributed by atoms with E-state index in [1.807, 2.05) is 34.9 Å². The van der Waals surface area contributed by atoms with Gasteiger partial charge in [0, 0.05) is 38.5 Å². The van der Waals surface area contributed by atoms with E-state index in [2.05, 4.69) is 34.4 Å². The number of likely N-dealkylation sites (N-methyl/N-ethyl adjacent to an activating group) is 2. The number of amides is 3. The molecule has 0 radical (unpaired) electrons. The summed E-state index contributed by atoms with van der Waals surface area (Å²) in [5.74, 6) is -0.237. The third-order valence-electron chi connectivity index (χ3n) is 7.55. The monoisotopic (exact) mass is 537 g/mol. The van der Waals surface area contributed by atoms with Crippen LogP contribution in [0.4, 0.5) is 0 Å². The second-order valence-corrected chi connectivity index (χ2v) is 11.3. The Morgan fingerprint density at radius 2 is 1.95 bits per heavy atom. The minimum absolute atomic E-state index is 0.00243. The smallest absolute Gasteiger partial charge is 0.270 e. The van der Waals surface area contributed by atoms with Crippen molar-refractivity contribution in [2.75, 3.05) is 34.3 Å². The van der Waals surface area contributed by atoms with Gasteiger partial charge in [0.25, 0.3) is 5.91 Å². The highest BCUT2D eigenvalue weighted by atomic mass is 32.1. The SMILES string of the molecule is CCO[C@H](C[C@H](C(C)C)N(C)C(=O)[C@@H](NC(=O)[C@H]1CCCCN1C)[C@@H](C)CC)c1nc(C(=O)NC)cs1. The highest BCUT2D eigenvalue weighted by Crippen LogP contribution is 2.30. The van der Waals surface area contributed by atoms with E-state index >= 15 is 0 Å². The summed E-state index contributed by atoms with van der Waals surface area (Å²) in [6.07, 6.45) is 3.91. The van der Waals surface area contributed by atoms with E-state index < -0.39 is 6.04 Å². The second kappa shape index (κ2) is 14.8. The van der Waals surface area contributed by atoms with Crippen molar-refractivity contribution in [2.24, 2.45) is 11.8 Å². The molecule has 2 heterocycles. The van der Waals surface area contributed by atoms with Crippen molar-refractivity contribution in [3.63, 3.8) is 0 Å². The van der Waals surface area contributed by atoms with Crippen LogP contribution in [0.15, 0.2) is 5.38 Å². The second-order valence-electron chi connectivity index (χ2n) is 10.5. The molecule has 3 amide bonds. The van der Waals surface area contributed by atoms with Crippen molar-refractivity contribution >= 4 is 29.1 Å². The third kappa shape index (κ3) is 8.22. The molecule has 0 aromatic carbocycles. The molecule has 210 valence electrons. The van der Waals surface area contributed by atoms with E-state index in [4.69, 9.17) is 4.74 Å². The van der Waals surface area contributed by atoms with Crippen LogP contribution in [0.25, 0.3) is 0 Å². The molecule has 37 heavy (non-hydrogen) atoms. The fraction of sp³-hybridized carbons (Fsp3) is 0.778. The number of carbonyl (C=O) groups excluding carboxylic acids is 3. The molecule has 0 unspecified atom stereocenters. The average Bonchev–Trinajstić information content (AvgIpc) is 3.38. The summed E-state index contributed by atoms with van der Waals surface area (Å²) in [7, 11) is 5.38. The molecular formula is C27H47N5O4S. The van der Waals surface area contributed by atoms with E-state index in [-0.39, 0.29) is 47.7 Å². The van der Waals surface area contributed by atoms with Gasteiger partial charge in [0.1, 0.15) is 22.8 Å². The van der Waals surface area contributed by atoms with Gasteiger partial charge in [-0.3, -0.25) is 19.3 Å². The Labute approximate surface area is 226 Å². The molecule has 1 aliphatic heterocycles. The zero-order valence-corrected chi connectivity index (χ0v) is 24.7. The number of aromatic nitrogens is 1. The first-order chi connectivity index (χ1) is 17.5. The molecule has 0 spiro atoms. The maximum atomic E-state index is 13.9. The molecule has 0 aliphatic carbocycles. The molecule has 2 N–H and O–H groups in total. The van der Waals surface area contributed by atoms with Gasteiger partial charge in [-0.2, -0.15) is 0 Å². The van der Waals surface area contributed by atoms with Crippen molar-refractivity contribution in [3.05, 3.63) is 16.1 Å². The molecule has 9 nitrogen and oxygen atoms in total. The number of hydrogen-bond donors (Lipinski definition) is 2. The number of nitrogens with zero attached hydrogens (tertiary/aromatic N) is 3. The molecule has 0 bridgehead atoms. The van der Waals surface area contributed by atoms with Crippen LogP contribution < -0.4 is 10.6 Å². The standard InChI is InChI=1S/C27H47N5O4S/c1-9-18(5)23(30-25(34)20-13-11-12-14-31(20)7)27(35)32(8)21(17(3)4)15-22(36-10-2)26-29-19(16-37-26)24(33)28-6/h16-18,20-23H,9-15H2,1-8H3,(H,28,33)(H,30,34)/t18-,20+,21+,22+,23-/m0/s1. The van der Waals surface area contributed by atoms with Gasteiger partial charge < -0.3 is 20.3 Å². The lowest BCUT2D eigenvalue weighted by atomic mass is 9.92. The van der Waals surface area contributed by atoms with Crippen LogP contribution in [0, 0.1) is 11.8 Å². The van der Waals surface area contributed by atoms with E-state index in [9.17, 15) is 14.4 Å². The number of piperidine rings is 1. The zero-order chi connectivity index (χ0) is 27.7. The normalized spacial score (nSPS) is 19.6. The predicted molar refractivity (Wildman–Crippen MR) is 148 cm³/mol. The van der Waals surface area contributed by atoms with E-state index in [1.54, 1.807) is 17.3 Å². The lowest BCUT2D eigenvalue weighted by Gasteiger charge is -2.38. The van der Waals surface area contributed by atoms with Crippen molar-refractivity contribution in [1.29, 1.82) is 0 Å². The maximum Gasteiger partial charge on any atom is 0.270 e. The number of rotatable bonds is 13. The number of carbonyl (C=O) groups is 3. The van der Waals surface area contributed by atoms with Crippen molar-refractivity contribution in [1.82, 2.24) is 25.4 Å². The van der Waals surface area contributed by atoms with Crippen LogP contribution in [-0.4, -0.2) is 84.9 Å². The minimum atomic E-state index is -0.593. The van der Waals surface area contributed by atoms with E-state index in [0.717, 1.165) is 37.2 Å². The summed E-state index contributed by atoms with van der Waals surface area (Å²) >= 11 is 1.39. The highest BCUT2D eigenvalue weighted by molar-refractivity contribution is 7.09. The summed E-state index contributed by atoms with van der Waals surface area (Å²) in [6, 6.07) is -0.928. The first kappa shape index (κ1) is 31.2. The van der Waals surface area contributed by atoms with Gasteiger partial charge >= 0.3 is 0 Å². The fourth-order valence-electron chi connectivity index (χ4n) is 4.93. The predicted octanol–water partition coefficient (Wildman–Crippen LogP) is 3.47. The van der Waals surface area contributed by atoms with Gasteiger partial charge in [-0.25, -0.2) is 4.98 Å². The van der Waals surface area contributed by atoms with Crippen LogP contribution >= 0.6 is 11.3 Å². The van der Waals surface area contributed by atoms with Crippen LogP contribution in [0.3, 0.4) is 0 Å². The summed E-state index contributed by atoms with van der Waals surface area (Å²) in [5.41, 5.74) is 0.366. The quantitative estimate of drug-likeness (QED) is 0.399. The Kier molecular flexibility index (Phi) is 12.5. The minimum Gasteiger partial charge on any atom is -0.371 e. The Bertz CT molecular complexity index is 892. The molecule has 5 atom stereocenters. The van der Waals surface area contributed by atoms with E-state index in [1.165, 1.54) is 11.3 Å². The summed E-state index contributed by atoms with van der Waals surface area (Å²) in [5, 5.41) is 8.17. The first-order valence-electron chi connectivity index (χ1n) is 13.6. The van der Waals surface area contributed by atoms with Gasteiger partial charge in [-0.1, -0.05) is 40.5 Å². The number of hydrogen-bond acceptors (Lipinski definition) is 7. The summed E-state index contributed by atoms with van der Waals surface area (Å²) in [6.45, 7) is 11.5. The van der Waals surface area contributed by atoms with Crippen LogP contribution in [0.5, 0.6) is 0 Å². The molecule has 1 aromatic heterocycles. The molecule has 1 fully saturated rings. The molecule has 0 saturated carbocycles. The van der Waals surface area contributed by atoms with Crippen molar-refractivity contribution < 1.29 is 19.1 Å². The lowest BCUT2D eigenvalue weighted by molar-refractivity contribution is -0.141. The Morgan fingerprint density at radius 1 is 1.24 bits per heavy atom. The molecule has 1 saturated heterocycles. The zero-order valence-electron chi connectivity index (χ0n) is 23.9. The Hall–Kier alpha value is -2.04.